The van der Waals surface area contributed by atoms with Crippen molar-refractivity contribution in [3.63, 3.8) is 0 Å². The van der Waals surface area contributed by atoms with Crippen LogP contribution in [0.2, 0.25) is 5.02 Å². The summed E-state index contributed by atoms with van der Waals surface area (Å²) in [5.41, 5.74) is 2.23. The van der Waals surface area contributed by atoms with E-state index in [1.54, 1.807) is 12.1 Å². The highest BCUT2D eigenvalue weighted by atomic mass is 35.5. The molecule has 1 heterocycles. The van der Waals surface area contributed by atoms with Crippen LogP contribution >= 0.6 is 11.6 Å². The summed E-state index contributed by atoms with van der Waals surface area (Å²) in [6, 6.07) is 14.9. The maximum Gasteiger partial charge on any atom is 0.359 e. The molecule has 0 aliphatic carbocycles. The fourth-order valence-electron chi connectivity index (χ4n) is 2.44. The highest BCUT2D eigenvalue weighted by molar-refractivity contribution is 6.79. The largest absolute Gasteiger partial charge is 0.475 e. The average Bonchev–Trinajstić information content (AvgIpc) is 2.87. The van der Waals surface area contributed by atoms with E-state index in [1.807, 2.05) is 50.2 Å². The molecule has 22 heavy (non-hydrogen) atoms. The first-order chi connectivity index (χ1) is 10.4. The molecule has 0 unspecified atom stereocenters. The second-order valence-corrected chi connectivity index (χ2v) is 6.54. The summed E-state index contributed by atoms with van der Waals surface area (Å²) in [6.45, 7) is 3.91. The monoisotopic (exact) mass is 313 g/mol. The minimum Gasteiger partial charge on any atom is -0.475 e. The van der Waals surface area contributed by atoms with Crippen LogP contribution in [0.1, 0.15) is 19.4 Å². The molecule has 2 aromatic rings. The first-order valence-corrected chi connectivity index (χ1v) is 7.59. The zero-order valence-corrected chi connectivity index (χ0v) is 13.3. The van der Waals surface area contributed by atoms with Crippen LogP contribution in [0.15, 0.2) is 53.5 Å². The van der Waals surface area contributed by atoms with Crippen LogP contribution in [-0.2, 0) is 4.74 Å². The number of hydrogen-bond donors (Lipinski definition) is 1. The third-order valence-corrected chi connectivity index (χ3v) is 3.82. The van der Waals surface area contributed by atoms with Crippen molar-refractivity contribution in [2.75, 3.05) is 6.61 Å². The van der Waals surface area contributed by atoms with E-state index in [0.29, 0.717) is 17.5 Å². The Morgan fingerprint density at radius 2 is 1.82 bits per heavy atom. The summed E-state index contributed by atoms with van der Waals surface area (Å²) in [5, 5.41) is 11.2. The topological polar surface area (TPSA) is 41.8 Å². The van der Waals surface area contributed by atoms with Crippen molar-refractivity contribution in [1.29, 1.82) is 0 Å². The summed E-state index contributed by atoms with van der Waals surface area (Å²) >= 11 is 5.99. The minimum atomic E-state index is -0.728. The number of nitrogens with zero attached hydrogens (tertiary/aromatic N) is 1. The molecular weight excluding hydrogens is 296 g/mol. The van der Waals surface area contributed by atoms with Gasteiger partial charge in [0.05, 0.1) is 5.54 Å². The molecule has 0 fully saturated rings. The molecule has 3 rings (SSSR count). The summed E-state index contributed by atoms with van der Waals surface area (Å²) < 4.78 is 5.66. The summed E-state index contributed by atoms with van der Waals surface area (Å²) in [4.78, 5) is 4.57. The van der Waals surface area contributed by atoms with E-state index in [2.05, 4.69) is 4.99 Å². The van der Waals surface area contributed by atoms with Crippen molar-refractivity contribution in [1.82, 2.24) is 0 Å². The van der Waals surface area contributed by atoms with Gasteiger partial charge in [0.15, 0.2) is 0 Å². The fourth-order valence-corrected chi connectivity index (χ4v) is 2.64. The van der Waals surface area contributed by atoms with Gasteiger partial charge in [0.25, 0.3) is 0 Å². The normalized spacial score (nSPS) is 16.1. The predicted octanol–water partition coefficient (Wildman–Crippen LogP) is 1.99. The molecule has 0 atom stereocenters. The van der Waals surface area contributed by atoms with E-state index in [9.17, 15) is 5.02 Å². The first-order valence-electron chi connectivity index (χ1n) is 7.21. The Hall–Kier alpha value is -1.78. The molecule has 2 aromatic carbocycles. The molecular formula is C17H17BClNO2. The molecule has 0 saturated carbocycles. The summed E-state index contributed by atoms with van der Waals surface area (Å²) in [6.07, 6.45) is 0. The molecule has 112 valence electrons. The van der Waals surface area contributed by atoms with E-state index in [4.69, 9.17) is 16.3 Å². The van der Waals surface area contributed by atoms with Crippen molar-refractivity contribution in [2.24, 2.45) is 4.99 Å². The Morgan fingerprint density at radius 3 is 2.45 bits per heavy atom. The number of benzene rings is 2. The molecule has 0 bridgehead atoms. The lowest BCUT2D eigenvalue weighted by atomic mass is 9.56. The Morgan fingerprint density at radius 1 is 1.14 bits per heavy atom. The lowest BCUT2D eigenvalue weighted by molar-refractivity contribution is 0.279. The van der Waals surface area contributed by atoms with Crippen molar-refractivity contribution < 1.29 is 9.76 Å². The fraction of sp³-hybridized carbons (Fsp3) is 0.235. The zero-order valence-electron chi connectivity index (χ0n) is 12.6. The van der Waals surface area contributed by atoms with Gasteiger partial charge in [-0.05, 0) is 43.0 Å². The zero-order chi connectivity index (χ0) is 15.7. The number of hydrogen-bond acceptors (Lipinski definition) is 3. The maximum atomic E-state index is 10.5. The second-order valence-electron chi connectivity index (χ2n) is 6.10. The SMILES string of the molecule is CC1(C)COC(c2cccc(B(O)c3cccc(Cl)c3)c2)=N1. The molecule has 1 aliphatic rings. The van der Waals surface area contributed by atoms with Crippen LogP contribution in [-0.4, -0.2) is 30.0 Å². The van der Waals surface area contributed by atoms with Gasteiger partial charge in [-0.25, -0.2) is 4.99 Å². The van der Waals surface area contributed by atoms with Crippen LogP contribution < -0.4 is 10.9 Å². The maximum absolute atomic E-state index is 10.5. The lowest BCUT2D eigenvalue weighted by Crippen LogP contribution is -2.42. The highest BCUT2D eigenvalue weighted by Crippen LogP contribution is 2.20. The van der Waals surface area contributed by atoms with Crippen LogP contribution in [0, 0.1) is 0 Å². The minimum absolute atomic E-state index is 0.198. The van der Waals surface area contributed by atoms with Gasteiger partial charge in [0, 0.05) is 10.6 Å². The Labute approximate surface area is 135 Å². The van der Waals surface area contributed by atoms with Gasteiger partial charge in [-0.2, -0.15) is 0 Å². The third kappa shape index (κ3) is 3.18. The van der Waals surface area contributed by atoms with Crippen LogP contribution in [0.4, 0.5) is 0 Å². The summed E-state index contributed by atoms with van der Waals surface area (Å²) in [5.74, 6) is 0.630. The van der Waals surface area contributed by atoms with E-state index in [0.717, 1.165) is 16.5 Å². The molecule has 0 spiro atoms. The highest BCUT2D eigenvalue weighted by Gasteiger charge is 2.27. The summed E-state index contributed by atoms with van der Waals surface area (Å²) in [7, 11) is 0. The van der Waals surface area contributed by atoms with Crippen molar-refractivity contribution >= 4 is 35.3 Å². The number of rotatable bonds is 3. The standard InChI is InChI=1S/C17H17BClNO2/c1-17(2)11-22-16(20-17)12-5-3-6-13(9-12)18(21)14-7-4-8-15(19)10-14/h3-10,21H,11H2,1-2H3. The second kappa shape index (κ2) is 5.78. The van der Waals surface area contributed by atoms with Gasteiger partial charge in [-0.15, -0.1) is 0 Å². The van der Waals surface area contributed by atoms with Gasteiger partial charge >= 0.3 is 6.92 Å². The van der Waals surface area contributed by atoms with Gasteiger partial charge < -0.3 is 9.76 Å². The van der Waals surface area contributed by atoms with Crippen molar-refractivity contribution in [3.8, 4) is 0 Å². The number of ether oxygens (including phenoxy) is 1. The average molecular weight is 314 g/mol. The quantitative estimate of drug-likeness (QED) is 0.881. The molecule has 3 nitrogen and oxygen atoms in total. The van der Waals surface area contributed by atoms with E-state index in [1.165, 1.54) is 0 Å². The Balaban J connectivity index is 1.92. The van der Waals surface area contributed by atoms with Gasteiger partial charge in [-0.1, -0.05) is 41.9 Å². The van der Waals surface area contributed by atoms with E-state index in [-0.39, 0.29) is 5.54 Å². The molecule has 1 aliphatic heterocycles. The van der Waals surface area contributed by atoms with Gasteiger partial charge in [0.1, 0.15) is 6.61 Å². The molecule has 1 N–H and O–H groups in total. The Kier molecular flexibility index (Phi) is 3.98. The van der Waals surface area contributed by atoms with Crippen molar-refractivity contribution in [3.05, 3.63) is 59.1 Å². The van der Waals surface area contributed by atoms with E-state index >= 15 is 0 Å². The van der Waals surface area contributed by atoms with Crippen LogP contribution in [0.5, 0.6) is 0 Å². The molecule has 5 heteroatoms. The van der Waals surface area contributed by atoms with Gasteiger partial charge in [0.2, 0.25) is 5.90 Å². The number of halogens is 1. The first kappa shape index (κ1) is 15.1. The number of aliphatic imine (C=N–C) groups is 1. The lowest BCUT2D eigenvalue weighted by Gasteiger charge is -2.09. The smallest absolute Gasteiger partial charge is 0.359 e. The molecule has 0 aromatic heterocycles. The van der Waals surface area contributed by atoms with Crippen LogP contribution in [0.25, 0.3) is 0 Å². The van der Waals surface area contributed by atoms with Crippen molar-refractivity contribution in [2.45, 2.75) is 19.4 Å². The molecule has 0 amide bonds. The third-order valence-electron chi connectivity index (χ3n) is 3.58. The van der Waals surface area contributed by atoms with Crippen LogP contribution in [0.3, 0.4) is 0 Å². The van der Waals surface area contributed by atoms with E-state index < -0.39 is 6.92 Å². The van der Waals surface area contributed by atoms with Gasteiger partial charge in [-0.3, -0.25) is 0 Å². The Bertz CT molecular complexity index is 730. The predicted molar refractivity (Wildman–Crippen MR) is 91.7 cm³/mol. The molecule has 0 saturated heterocycles. The molecule has 0 radical (unpaired) electrons.